The third-order valence-electron chi connectivity index (χ3n) is 4.99. The summed E-state index contributed by atoms with van der Waals surface area (Å²) in [7, 11) is 0. The van der Waals surface area contributed by atoms with Crippen LogP contribution in [0.5, 0.6) is 0 Å². The minimum absolute atomic E-state index is 0. The second-order valence-electron chi connectivity index (χ2n) is 7.30. The SMILES string of the molecule is CC(C)c1nc(C(=O)N2CCC(C(C)N)CC2)nn1-c1ccccc1F.Cl. The second kappa shape index (κ2) is 8.80. The Kier molecular flexibility index (Phi) is 6.95. The van der Waals surface area contributed by atoms with Crippen molar-refractivity contribution in [3.63, 3.8) is 0 Å². The summed E-state index contributed by atoms with van der Waals surface area (Å²) in [5.74, 6) is 0.544. The van der Waals surface area contributed by atoms with E-state index in [1.54, 1.807) is 23.1 Å². The average molecular weight is 396 g/mol. The predicted octanol–water partition coefficient (Wildman–Crippen LogP) is 3.15. The number of halogens is 2. The monoisotopic (exact) mass is 395 g/mol. The maximum Gasteiger partial charge on any atom is 0.293 e. The summed E-state index contributed by atoms with van der Waals surface area (Å²) in [6.45, 7) is 7.20. The van der Waals surface area contributed by atoms with Crippen molar-refractivity contribution in [1.82, 2.24) is 19.7 Å². The van der Waals surface area contributed by atoms with Gasteiger partial charge in [0.1, 0.15) is 17.3 Å². The number of nitrogens with zero attached hydrogens (tertiary/aromatic N) is 4. The molecule has 148 valence electrons. The summed E-state index contributed by atoms with van der Waals surface area (Å²) in [6, 6.07) is 6.52. The van der Waals surface area contributed by atoms with Crippen LogP contribution in [0.3, 0.4) is 0 Å². The van der Waals surface area contributed by atoms with Crippen molar-refractivity contribution < 1.29 is 9.18 Å². The molecule has 6 nitrogen and oxygen atoms in total. The summed E-state index contributed by atoms with van der Waals surface area (Å²) in [5.41, 5.74) is 6.27. The Balaban J connectivity index is 0.00000261. The molecular formula is C19H27ClFN5O. The topological polar surface area (TPSA) is 77.0 Å². The third-order valence-corrected chi connectivity index (χ3v) is 4.99. The van der Waals surface area contributed by atoms with Gasteiger partial charge in [0.05, 0.1) is 0 Å². The molecule has 1 unspecified atom stereocenters. The van der Waals surface area contributed by atoms with Gasteiger partial charge in [-0.05, 0) is 37.8 Å². The fourth-order valence-electron chi connectivity index (χ4n) is 3.36. The summed E-state index contributed by atoms with van der Waals surface area (Å²) >= 11 is 0. The highest BCUT2D eigenvalue weighted by atomic mass is 35.5. The Hall–Kier alpha value is -1.99. The zero-order chi connectivity index (χ0) is 18.8. The molecule has 1 aromatic heterocycles. The van der Waals surface area contributed by atoms with Gasteiger partial charge in [0.2, 0.25) is 5.82 Å². The molecule has 1 amide bonds. The van der Waals surface area contributed by atoms with Crippen LogP contribution in [0, 0.1) is 11.7 Å². The molecule has 1 atom stereocenters. The second-order valence-corrected chi connectivity index (χ2v) is 7.30. The van der Waals surface area contributed by atoms with Crippen LogP contribution in [0.15, 0.2) is 24.3 Å². The van der Waals surface area contributed by atoms with E-state index in [0.717, 1.165) is 12.8 Å². The lowest BCUT2D eigenvalue weighted by Gasteiger charge is -2.33. The molecule has 2 aromatic rings. The van der Waals surface area contributed by atoms with Gasteiger partial charge < -0.3 is 10.6 Å². The van der Waals surface area contributed by atoms with E-state index in [-0.39, 0.29) is 36.1 Å². The van der Waals surface area contributed by atoms with Crippen molar-refractivity contribution in [2.45, 2.75) is 45.6 Å². The van der Waals surface area contributed by atoms with Crippen molar-refractivity contribution >= 4 is 18.3 Å². The highest BCUT2D eigenvalue weighted by Gasteiger charge is 2.29. The maximum absolute atomic E-state index is 14.2. The number of rotatable bonds is 4. The Morgan fingerprint density at radius 1 is 1.22 bits per heavy atom. The maximum atomic E-state index is 14.2. The number of nitrogens with two attached hydrogens (primary N) is 1. The number of benzene rings is 1. The van der Waals surface area contributed by atoms with Crippen LogP contribution in [-0.2, 0) is 0 Å². The molecule has 8 heteroatoms. The fraction of sp³-hybridized carbons (Fsp3) is 0.526. The van der Waals surface area contributed by atoms with Crippen LogP contribution in [0.25, 0.3) is 5.69 Å². The normalized spacial score (nSPS) is 16.3. The van der Waals surface area contributed by atoms with E-state index in [2.05, 4.69) is 10.1 Å². The Morgan fingerprint density at radius 2 is 1.85 bits per heavy atom. The lowest BCUT2D eigenvalue weighted by Crippen LogP contribution is -2.42. The first kappa shape index (κ1) is 21.3. The van der Waals surface area contributed by atoms with Gasteiger partial charge in [0.15, 0.2) is 0 Å². The lowest BCUT2D eigenvalue weighted by atomic mass is 9.91. The number of piperidine rings is 1. The molecule has 0 bridgehead atoms. The van der Waals surface area contributed by atoms with Crippen LogP contribution in [0.4, 0.5) is 4.39 Å². The van der Waals surface area contributed by atoms with Crippen LogP contribution in [-0.4, -0.2) is 44.7 Å². The van der Waals surface area contributed by atoms with Gasteiger partial charge in [0, 0.05) is 25.0 Å². The smallest absolute Gasteiger partial charge is 0.293 e. The first-order valence-electron chi connectivity index (χ1n) is 9.15. The molecule has 0 spiro atoms. The van der Waals surface area contributed by atoms with Gasteiger partial charge in [-0.2, -0.15) is 0 Å². The van der Waals surface area contributed by atoms with Crippen molar-refractivity contribution in [1.29, 1.82) is 0 Å². The number of aromatic nitrogens is 3. The van der Waals surface area contributed by atoms with E-state index in [1.807, 2.05) is 20.8 Å². The molecule has 0 aliphatic carbocycles. The molecule has 1 aromatic carbocycles. The Morgan fingerprint density at radius 3 is 2.41 bits per heavy atom. The molecule has 3 rings (SSSR count). The third kappa shape index (κ3) is 4.47. The summed E-state index contributed by atoms with van der Waals surface area (Å²) < 4.78 is 15.7. The number of para-hydroxylation sites is 1. The first-order chi connectivity index (χ1) is 12.4. The van der Waals surface area contributed by atoms with Crippen LogP contribution < -0.4 is 5.73 Å². The van der Waals surface area contributed by atoms with E-state index in [4.69, 9.17) is 5.73 Å². The predicted molar refractivity (Wildman–Crippen MR) is 105 cm³/mol. The van der Waals surface area contributed by atoms with Gasteiger partial charge in [-0.25, -0.2) is 14.1 Å². The van der Waals surface area contributed by atoms with E-state index in [1.165, 1.54) is 10.7 Å². The van der Waals surface area contributed by atoms with Gasteiger partial charge in [-0.15, -0.1) is 17.5 Å². The number of hydrogen-bond acceptors (Lipinski definition) is 4. The number of carbonyl (C=O) groups is 1. The average Bonchev–Trinajstić information content (AvgIpc) is 3.07. The van der Waals surface area contributed by atoms with Crippen molar-refractivity contribution in [3.8, 4) is 5.69 Å². The molecule has 1 saturated heterocycles. The quantitative estimate of drug-likeness (QED) is 0.862. The Bertz CT molecular complexity index is 784. The van der Waals surface area contributed by atoms with Crippen molar-refractivity contribution in [2.75, 3.05) is 13.1 Å². The minimum atomic E-state index is -0.393. The fourth-order valence-corrected chi connectivity index (χ4v) is 3.36. The standard InChI is InChI=1S/C19H26FN5O.ClH/c1-12(2)18-22-17(23-25(18)16-7-5-4-6-15(16)20)19(26)24-10-8-14(9-11-24)13(3)21;/h4-7,12-14H,8-11,21H2,1-3H3;1H. The lowest BCUT2D eigenvalue weighted by molar-refractivity contribution is 0.0668. The zero-order valence-corrected chi connectivity index (χ0v) is 16.7. The molecule has 2 N–H and O–H groups in total. The molecule has 0 radical (unpaired) electrons. The number of hydrogen-bond donors (Lipinski definition) is 1. The zero-order valence-electron chi connectivity index (χ0n) is 15.9. The molecule has 1 aliphatic rings. The number of likely N-dealkylation sites (tertiary alicyclic amines) is 1. The van der Waals surface area contributed by atoms with Gasteiger partial charge in [0.25, 0.3) is 5.91 Å². The van der Waals surface area contributed by atoms with Gasteiger partial charge in [-0.3, -0.25) is 4.79 Å². The van der Waals surface area contributed by atoms with Gasteiger partial charge in [-0.1, -0.05) is 26.0 Å². The molecule has 0 saturated carbocycles. The molecule has 1 fully saturated rings. The van der Waals surface area contributed by atoms with Crippen LogP contribution in [0.1, 0.15) is 56.0 Å². The van der Waals surface area contributed by atoms with E-state index < -0.39 is 5.82 Å². The number of amides is 1. The van der Waals surface area contributed by atoms with Crippen LogP contribution in [0.2, 0.25) is 0 Å². The summed E-state index contributed by atoms with van der Waals surface area (Å²) in [6.07, 6.45) is 1.77. The molecular weight excluding hydrogens is 369 g/mol. The number of carbonyl (C=O) groups excluding carboxylic acids is 1. The van der Waals surface area contributed by atoms with E-state index >= 15 is 0 Å². The molecule has 27 heavy (non-hydrogen) atoms. The highest BCUT2D eigenvalue weighted by Crippen LogP contribution is 2.23. The van der Waals surface area contributed by atoms with Gasteiger partial charge >= 0.3 is 0 Å². The Labute approximate surface area is 165 Å². The highest BCUT2D eigenvalue weighted by molar-refractivity contribution is 5.90. The van der Waals surface area contributed by atoms with E-state index in [9.17, 15) is 9.18 Å². The first-order valence-corrected chi connectivity index (χ1v) is 9.15. The van der Waals surface area contributed by atoms with Crippen molar-refractivity contribution in [2.24, 2.45) is 11.7 Å². The van der Waals surface area contributed by atoms with E-state index in [0.29, 0.717) is 30.5 Å². The summed E-state index contributed by atoms with van der Waals surface area (Å²) in [4.78, 5) is 19.0. The molecule has 2 heterocycles. The largest absolute Gasteiger partial charge is 0.336 e. The molecule has 1 aliphatic heterocycles. The van der Waals surface area contributed by atoms with Crippen LogP contribution >= 0.6 is 12.4 Å². The summed E-state index contributed by atoms with van der Waals surface area (Å²) in [5, 5.41) is 4.34. The minimum Gasteiger partial charge on any atom is -0.336 e. The van der Waals surface area contributed by atoms with Crippen molar-refractivity contribution in [3.05, 3.63) is 41.7 Å².